The Kier molecular flexibility index (Phi) is 5.99. The Hall–Kier alpha value is -6.62. The van der Waals surface area contributed by atoms with Crippen LogP contribution in [0.2, 0.25) is 0 Å². The number of nitrogens with zero attached hydrogens (tertiary/aromatic N) is 3. The Morgan fingerprint density at radius 1 is 0.491 bits per heavy atom. The first-order chi connectivity index (χ1) is 26.3. The van der Waals surface area contributed by atoms with Crippen LogP contribution in [0.25, 0.3) is 103 Å². The Balaban J connectivity index is 1.31. The summed E-state index contributed by atoms with van der Waals surface area (Å²) in [6, 6.07) is 59.7. The van der Waals surface area contributed by atoms with Crippen LogP contribution in [0, 0.1) is 0 Å². The van der Waals surface area contributed by atoms with Crippen LogP contribution in [-0.4, -0.2) is 14.5 Å². The van der Waals surface area contributed by atoms with Crippen LogP contribution in [-0.2, 0) is 6.42 Å². The lowest BCUT2D eigenvalue weighted by atomic mass is 9.90. The molecule has 0 unspecified atom stereocenters. The highest BCUT2D eigenvalue weighted by molar-refractivity contribution is 7.26. The number of benzene rings is 8. The summed E-state index contributed by atoms with van der Waals surface area (Å²) in [4.78, 5) is 11.2. The molecule has 0 atom stereocenters. The molecule has 4 heteroatoms. The number of aromatic nitrogens is 3. The lowest BCUT2D eigenvalue weighted by Gasteiger charge is -2.20. The number of fused-ring (bicyclic) bond motifs is 14. The molecule has 1 aliphatic rings. The summed E-state index contributed by atoms with van der Waals surface area (Å²) >= 11 is 1.86. The summed E-state index contributed by atoms with van der Waals surface area (Å²) in [5, 5.41) is 9.89. The van der Waals surface area contributed by atoms with E-state index >= 15 is 0 Å². The van der Waals surface area contributed by atoms with Gasteiger partial charge in [0.1, 0.15) is 0 Å². The molecular weight excluding hydrogens is 663 g/mol. The first-order valence-corrected chi connectivity index (χ1v) is 18.9. The SMILES string of the molecule is c1ccc(-c2nc(-c3cccc4ccccc34)c3c(n2)-c2c(ccc4sc5ccccc5c24)-n2c4cc(ccc4c4cc5ccccc5cc42)C3)cc1. The maximum Gasteiger partial charge on any atom is 0.160 e. The van der Waals surface area contributed by atoms with Gasteiger partial charge in [-0.15, -0.1) is 11.3 Å². The molecule has 0 radical (unpaired) electrons. The van der Waals surface area contributed by atoms with Crippen LogP contribution in [0.5, 0.6) is 0 Å². The van der Waals surface area contributed by atoms with Gasteiger partial charge in [0.25, 0.3) is 0 Å². The van der Waals surface area contributed by atoms with Crippen LogP contribution in [0.4, 0.5) is 0 Å². The van der Waals surface area contributed by atoms with Crippen molar-refractivity contribution in [1.29, 1.82) is 0 Å². The summed E-state index contributed by atoms with van der Waals surface area (Å²) in [6.45, 7) is 0. The number of thiophene rings is 1. The molecule has 53 heavy (non-hydrogen) atoms. The van der Waals surface area contributed by atoms with E-state index in [0.717, 1.165) is 45.2 Å². The fourth-order valence-electron chi connectivity index (χ4n) is 8.78. The molecule has 246 valence electrons. The fourth-order valence-corrected chi connectivity index (χ4v) is 9.90. The molecular formula is C49H29N3S. The largest absolute Gasteiger partial charge is 0.309 e. The van der Waals surface area contributed by atoms with Crippen molar-refractivity contribution in [3.8, 4) is 39.6 Å². The molecule has 0 saturated heterocycles. The van der Waals surface area contributed by atoms with Gasteiger partial charge in [-0.25, -0.2) is 9.97 Å². The van der Waals surface area contributed by atoms with Crippen LogP contribution in [0.15, 0.2) is 164 Å². The highest BCUT2D eigenvalue weighted by atomic mass is 32.1. The van der Waals surface area contributed by atoms with Gasteiger partial charge < -0.3 is 4.57 Å². The third-order valence-corrected chi connectivity index (χ3v) is 12.3. The molecule has 0 fully saturated rings. The molecule has 11 aromatic rings. The third-order valence-electron chi connectivity index (χ3n) is 11.2. The van der Waals surface area contributed by atoms with Crippen LogP contribution in [0.1, 0.15) is 11.1 Å². The molecule has 0 amide bonds. The predicted octanol–water partition coefficient (Wildman–Crippen LogP) is 13.2. The molecule has 0 N–H and O–H groups in total. The number of rotatable bonds is 2. The lowest BCUT2D eigenvalue weighted by molar-refractivity contribution is 1.09. The molecule has 0 spiro atoms. The molecule has 8 aromatic carbocycles. The van der Waals surface area contributed by atoms with Gasteiger partial charge in [-0.3, -0.25) is 0 Å². The van der Waals surface area contributed by atoms with E-state index in [1.807, 2.05) is 11.3 Å². The van der Waals surface area contributed by atoms with Gasteiger partial charge in [0.2, 0.25) is 0 Å². The van der Waals surface area contributed by atoms with Crippen LogP contribution in [0.3, 0.4) is 0 Å². The van der Waals surface area contributed by atoms with Crippen LogP contribution < -0.4 is 0 Å². The van der Waals surface area contributed by atoms with E-state index < -0.39 is 0 Å². The van der Waals surface area contributed by atoms with Crippen molar-refractivity contribution in [2.45, 2.75) is 6.42 Å². The maximum atomic E-state index is 5.67. The average Bonchev–Trinajstić information content (AvgIpc) is 3.75. The normalized spacial score (nSPS) is 12.5. The van der Waals surface area contributed by atoms with Gasteiger partial charge >= 0.3 is 0 Å². The van der Waals surface area contributed by atoms with E-state index in [1.165, 1.54) is 69.1 Å². The van der Waals surface area contributed by atoms with Crippen molar-refractivity contribution in [3.05, 3.63) is 175 Å². The molecule has 3 aromatic heterocycles. The zero-order valence-electron chi connectivity index (χ0n) is 28.5. The molecule has 12 rings (SSSR count). The molecule has 0 aliphatic carbocycles. The average molecular weight is 692 g/mol. The van der Waals surface area contributed by atoms with Gasteiger partial charge in [0, 0.05) is 59.6 Å². The van der Waals surface area contributed by atoms with E-state index in [-0.39, 0.29) is 0 Å². The van der Waals surface area contributed by atoms with E-state index in [1.54, 1.807) is 0 Å². The van der Waals surface area contributed by atoms with E-state index in [0.29, 0.717) is 6.42 Å². The second kappa shape index (κ2) is 10.9. The van der Waals surface area contributed by atoms with Crippen molar-refractivity contribution >= 4 is 74.9 Å². The Morgan fingerprint density at radius 2 is 1.21 bits per heavy atom. The molecule has 2 bridgehead atoms. The molecule has 0 saturated carbocycles. The summed E-state index contributed by atoms with van der Waals surface area (Å²) in [5.74, 6) is 0.731. The number of hydrogen-bond acceptors (Lipinski definition) is 3. The topological polar surface area (TPSA) is 30.7 Å². The second-order valence-corrected chi connectivity index (χ2v) is 15.2. The van der Waals surface area contributed by atoms with E-state index in [4.69, 9.17) is 9.97 Å². The molecule has 3 nitrogen and oxygen atoms in total. The van der Waals surface area contributed by atoms with Crippen molar-refractivity contribution in [3.63, 3.8) is 0 Å². The molecule has 1 aliphatic heterocycles. The van der Waals surface area contributed by atoms with Gasteiger partial charge in [0.15, 0.2) is 5.82 Å². The standard InChI is InChI=1S/C49H29N3S/c1-2-12-31(13-3-1)49-50-47(36-19-10-16-30-11-6-7-17-34(30)36)39-25-29-21-22-35-38-27-32-14-4-5-15-33(32)28-42(38)52(41(35)26-29)40-23-24-44-45(46(40)48(39)51-49)37-18-8-9-20-43(37)53-44/h1-24,26-28H,25H2. The van der Waals surface area contributed by atoms with Gasteiger partial charge in [-0.2, -0.15) is 0 Å². The van der Waals surface area contributed by atoms with Gasteiger partial charge in [-0.05, 0) is 63.5 Å². The van der Waals surface area contributed by atoms with Crippen molar-refractivity contribution in [1.82, 2.24) is 14.5 Å². The van der Waals surface area contributed by atoms with Crippen LogP contribution >= 0.6 is 11.3 Å². The van der Waals surface area contributed by atoms with Gasteiger partial charge in [0.05, 0.1) is 28.1 Å². The third kappa shape index (κ3) is 4.21. The monoisotopic (exact) mass is 691 g/mol. The maximum absolute atomic E-state index is 5.67. The van der Waals surface area contributed by atoms with Crippen molar-refractivity contribution in [2.75, 3.05) is 0 Å². The summed E-state index contributed by atoms with van der Waals surface area (Å²) in [6.07, 6.45) is 0.695. The lowest BCUT2D eigenvalue weighted by Crippen LogP contribution is -2.06. The fraction of sp³-hybridized carbons (Fsp3) is 0.0204. The first kappa shape index (κ1) is 29.0. The van der Waals surface area contributed by atoms with Crippen molar-refractivity contribution in [2.24, 2.45) is 0 Å². The quantitative estimate of drug-likeness (QED) is 0.181. The van der Waals surface area contributed by atoms with Crippen molar-refractivity contribution < 1.29 is 0 Å². The van der Waals surface area contributed by atoms with Gasteiger partial charge in [-0.1, -0.05) is 127 Å². The Labute approximate surface area is 309 Å². The van der Waals surface area contributed by atoms with E-state index in [9.17, 15) is 0 Å². The Morgan fingerprint density at radius 3 is 2.09 bits per heavy atom. The second-order valence-electron chi connectivity index (χ2n) is 14.1. The smallest absolute Gasteiger partial charge is 0.160 e. The minimum atomic E-state index is 0.695. The van der Waals surface area contributed by atoms with E-state index in [2.05, 4.69) is 168 Å². The summed E-state index contributed by atoms with van der Waals surface area (Å²) < 4.78 is 5.04. The Bertz CT molecular complexity index is 3310. The zero-order chi connectivity index (χ0) is 34.6. The summed E-state index contributed by atoms with van der Waals surface area (Å²) in [5.41, 5.74) is 11.2. The first-order valence-electron chi connectivity index (χ1n) is 18.1. The highest BCUT2D eigenvalue weighted by Gasteiger charge is 2.28. The molecule has 4 heterocycles. The zero-order valence-corrected chi connectivity index (χ0v) is 29.4. The summed E-state index contributed by atoms with van der Waals surface area (Å²) in [7, 11) is 0. The number of hydrogen-bond donors (Lipinski definition) is 0. The minimum Gasteiger partial charge on any atom is -0.309 e. The minimum absolute atomic E-state index is 0.695. The predicted molar refractivity (Wildman–Crippen MR) is 223 cm³/mol. The highest BCUT2D eigenvalue weighted by Crippen LogP contribution is 2.48.